The molecular formula is C24H24N2O4S2. The van der Waals surface area contributed by atoms with Gasteiger partial charge in [0.25, 0.3) is 5.56 Å². The van der Waals surface area contributed by atoms with Gasteiger partial charge in [-0.05, 0) is 62.9 Å². The van der Waals surface area contributed by atoms with Crippen LogP contribution in [0.3, 0.4) is 0 Å². The molecule has 32 heavy (non-hydrogen) atoms. The minimum atomic E-state index is -0.626. The Labute approximate surface area is 193 Å². The van der Waals surface area contributed by atoms with Crippen LogP contribution < -0.4 is 19.6 Å². The van der Waals surface area contributed by atoms with Crippen LogP contribution in [0, 0.1) is 0 Å². The molecule has 1 aliphatic heterocycles. The summed E-state index contributed by atoms with van der Waals surface area (Å²) in [6, 6.07) is 10.7. The Balaban J connectivity index is 1.91. The number of thiophene rings is 1. The summed E-state index contributed by atoms with van der Waals surface area (Å²) in [6.45, 7) is 7.87. The van der Waals surface area contributed by atoms with E-state index in [0.717, 1.165) is 16.2 Å². The van der Waals surface area contributed by atoms with E-state index in [0.29, 0.717) is 27.2 Å². The molecule has 0 N–H and O–H groups in total. The summed E-state index contributed by atoms with van der Waals surface area (Å²) in [7, 11) is 0. The van der Waals surface area contributed by atoms with Crippen molar-refractivity contribution in [1.82, 2.24) is 4.57 Å². The van der Waals surface area contributed by atoms with Gasteiger partial charge in [0, 0.05) is 4.88 Å². The molecule has 0 saturated carbocycles. The van der Waals surface area contributed by atoms with E-state index in [2.05, 4.69) is 4.99 Å². The molecule has 0 radical (unpaired) electrons. The summed E-state index contributed by atoms with van der Waals surface area (Å²) in [5.74, 6) is 0.265. The Bertz CT molecular complexity index is 1330. The Morgan fingerprint density at radius 1 is 1.25 bits per heavy atom. The highest BCUT2D eigenvalue weighted by Gasteiger charge is 2.33. The van der Waals surface area contributed by atoms with Crippen molar-refractivity contribution in [3.63, 3.8) is 0 Å². The lowest BCUT2D eigenvalue weighted by Gasteiger charge is -2.25. The van der Waals surface area contributed by atoms with Gasteiger partial charge in [-0.3, -0.25) is 9.36 Å². The van der Waals surface area contributed by atoms with Crippen LogP contribution in [0.25, 0.3) is 6.08 Å². The maximum Gasteiger partial charge on any atom is 0.338 e. The Hall–Kier alpha value is -2.97. The number of thiazole rings is 1. The second kappa shape index (κ2) is 9.26. The van der Waals surface area contributed by atoms with Crippen LogP contribution >= 0.6 is 22.7 Å². The van der Waals surface area contributed by atoms with E-state index >= 15 is 0 Å². The van der Waals surface area contributed by atoms with Crippen LogP contribution in [-0.4, -0.2) is 23.2 Å². The first-order chi connectivity index (χ1) is 15.4. The number of aromatic nitrogens is 1. The van der Waals surface area contributed by atoms with E-state index in [1.165, 1.54) is 11.3 Å². The first kappa shape index (κ1) is 22.2. The van der Waals surface area contributed by atoms with Crippen molar-refractivity contribution < 1.29 is 14.3 Å². The normalized spacial score (nSPS) is 16.2. The van der Waals surface area contributed by atoms with Crippen LogP contribution in [0.1, 0.15) is 44.2 Å². The molecule has 0 aliphatic carbocycles. The summed E-state index contributed by atoms with van der Waals surface area (Å²) >= 11 is 2.89. The van der Waals surface area contributed by atoms with Gasteiger partial charge in [-0.25, -0.2) is 9.79 Å². The number of carbonyl (C=O) groups excluding carboxylic acids is 1. The van der Waals surface area contributed by atoms with Crippen LogP contribution in [0.15, 0.2) is 62.8 Å². The first-order valence-electron chi connectivity index (χ1n) is 10.4. The Kier molecular flexibility index (Phi) is 6.43. The van der Waals surface area contributed by atoms with Gasteiger partial charge in [0.05, 0.1) is 34.6 Å². The molecule has 8 heteroatoms. The highest BCUT2D eigenvalue weighted by Crippen LogP contribution is 2.32. The molecule has 0 amide bonds. The van der Waals surface area contributed by atoms with Crippen LogP contribution in [0.2, 0.25) is 0 Å². The maximum atomic E-state index is 13.5. The molecule has 0 unspecified atom stereocenters. The van der Waals surface area contributed by atoms with Crippen LogP contribution in [-0.2, 0) is 9.53 Å². The van der Waals surface area contributed by atoms with Gasteiger partial charge in [0.15, 0.2) is 4.80 Å². The number of carbonyl (C=O) groups is 1. The van der Waals surface area contributed by atoms with Gasteiger partial charge in [-0.2, -0.15) is 0 Å². The molecule has 2 aromatic heterocycles. The summed E-state index contributed by atoms with van der Waals surface area (Å²) in [6.07, 6.45) is 1.59. The molecule has 166 valence electrons. The van der Waals surface area contributed by atoms with E-state index in [9.17, 15) is 9.59 Å². The number of hydrogen-bond donors (Lipinski definition) is 0. The smallest absolute Gasteiger partial charge is 0.338 e. The van der Waals surface area contributed by atoms with E-state index in [4.69, 9.17) is 9.47 Å². The molecule has 1 atom stereocenters. The maximum absolute atomic E-state index is 13.5. The number of esters is 1. The molecule has 0 bridgehead atoms. The molecule has 6 nitrogen and oxygen atoms in total. The molecule has 3 aromatic rings. The predicted molar refractivity (Wildman–Crippen MR) is 127 cm³/mol. The average Bonchev–Trinajstić information content (AvgIpc) is 3.36. The summed E-state index contributed by atoms with van der Waals surface area (Å²) in [5.41, 5.74) is 1.54. The Morgan fingerprint density at radius 3 is 2.62 bits per heavy atom. The highest BCUT2D eigenvalue weighted by molar-refractivity contribution is 7.11. The third-order valence-corrected chi connectivity index (χ3v) is 6.71. The summed E-state index contributed by atoms with van der Waals surface area (Å²) < 4.78 is 13.3. The van der Waals surface area contributed by atoms with E-state index in [1.807, 2.05) is 54.8 Å². The monoisotopic (exact) mass is 468 g/mol. The minimum absolute atomic E-state index is 0.177. The summed E-state index contributed by atoms with van der Waals surface area (Å²) in [5, 5.41) is 1.97. The topological polar surface area (TPSA) is 69.9 Å². The quantitative estimate of drug-likeness (QED) is 0.518. The number of fused-ring (bicyclic) bond motifs is 1. The molecule has 4 rings (SSSR count). The first-order valence-corrected chi connectivity index (χ1v) is 12.1. The van der Waals surface area contributed by atoms with E-state index < -0.39 is 12.0 Å². The van der Waals surface area contributed by atoms with E-state index in [-0.39, 0.29) is 11.7 Å². The lowest BCUT2D eigenvalue weighted by Crippen LogP contribution is -2.40. The zero-order chi connectivity index (χ0) is 22.8. The highest BCUT2D eigenvalue weighted by atomic mass is 32.1. The van der Waals surface area contributed by atoms with Crippen molar-refractivity contribution in [2.75, 3.05) is 6.61 Å². The van der Waals surface area contributed by atoms with Gasteiger partial charge in [-0.15, -0.1) is 11.3 Å². The summed E-state index contributed by atoms with van der Waals surface area (Å²) in [4.78, 5) is 32.7. The fourth-order valence-corrected chi connectivity index (χ4v) is 5.36. The van der Waals surface area contributed by atoms with Crippen molar-refractivity contribution in [2.24, 2.45) is 4.99 Å². The molecule has 0 spiro atoms. The van der Waals surface area contributed by atoms with Crippen molar-refractivity contribution in [3.8, 4) is 5.75 Å². The number of rotatable bonds is 6. The molecule has 3 heterocycles. The zero-order valence-corrected chi connectivity index (χ0v) is 20.0. The fourth-order valence-electron chi connectivity index (χ4n) is 3.59. The third kappa shape index (κ3) is 4.33. The zero-order valence-electron chi connectivity index (χ0n) is 18.3. The number of allylic oxidation sites excluding steroid dienone is 1. The Morgan fingerprint density at radius 2 is 2.00 bits per heavy atom. The fraction of sp³-hybridized carbons (Fsp3) is 0.292. The van der Waals surface area contributed by atoms with Gasteiger partial charge in [0.1, 0.15) is 5.75 Å². The van der Waals surface area contributed by atoms with Gasteiger partial charge in [0.2, 0.25) is 0 Å². The van der Waals surface area contributed by atoms with Crippen molar-refractivity contribution in [3.05, 3.63) is 83.2 Å². The third-order valence-electron chi connectivity index (χ3n) is 4.91. The second-order valence-corrected chi connectivity index (χ2v) is 9.54. The van der Waals surface area contributed by atoms with Gasteiger partial charge in [-0.1, -0.05) is 29.5 Å². The van der Waals surface area contributed by atoms with Crippen LogP contribution in [0.4, 0.5) is 0 Å². The van der Waals surface area contributed by atoms with Crippen molar-refractivity contribution in [1.29, 1.82) is 0 Å². The second-order valence-electron chi connectivity index (χ2n) is 7.55. The number of benzene rings is 1. The van der Waals surface area contributed by atoms with E-state index in [1.54, 1.807) is 36.7 Å². The molecule has 0 fully saturated rings. The number of ether oxygens (including phenoxy) is 2. The van der Waals surface area contributed by atoms with Crippen LogP contribution in [0.5, 0.6) is 5.75 Å². The molecular weight excluding hydrogens is 444 g/mol. The predicted octanol–water partition coefficient (Wildman–Crippen LogP) is 3.65. The molecule has 1 aromatic carbocycles. The van der Waals surface area contributed by atoms with Crippen molar-refractivity contribution >= 4 is 34.7 Å². The molecule has 1 aliphatic rings. The number of nitrogens with zero attached hydrogens (tertiary/aromatic N) is 2. The average molecular weight is 469 g/mol. The SMILES string of the molecule is CCOc1ccc([C@@H]2C(C(=O)OC(C)C)=C(C)N=c3s/c(=C/c4cccs4)c(=O)n32)cc1. The lowest BCUT2D eigenvalue weighted by molar-refractivity contribution is -0.143. The van der Waals surface area contributed by atoms with Gasteiger partial charge < -0.3 is 9.47 Å². The minimum Gasteiger partial charge on any atom is -0.494 e. The lowest BCUT2D eigenvalue weighted by atomic mass is 9.96. The largest absolute Gasteiger partial charge is 0.494 e. The standard InChI is InChI=1S/C24H24N2O4S2/c1-5-29-17-10-8-16(9-11-17)21-20(23(28)30-14(2)3)15(4)25-24-26(21)22(27)19(32-24)13-18-7-6-12-31-18/h6-14,21H,5H2,1-4H3/b19-13+/t21-/m1/s1. The number of hydrogen-bond acceptors (Lipinski definition) is 7. The van der Waals surface area contributed by atoms with Gasteiger partial charge >= 0.3 is 5.97 Å². The van der Waals surface area contributed by atoms with Crippen molar-refractivity contribution in [2.45, 2.75) is 39.8 Å². The molecule has 0 saturated heterocycles.